The Hall–Kier alpha value is -0.900. The zero-order valence-corrected chi connectivity index (χ0v) is 8.60. The van der Waals surface area contributed by atoms with Crippen molar-refractivity contribution in [3.63, 3.8) is 0 Å². The maximum absolute atomic E-state index is 13.0. The van der Waals surface area contributed by atoms with Crippen LogP contribution in [0.3, 0.4) is 0 Å². The van der Waals surface area contributed by atoms with Crippen LogP contribution in [0.1, 0.15) is 18.8 Å². The van der Waals surface area contributed by atoms with E-state index in [4.69, 9.17) is 0 Å². The molecule has 68 valence electrons. The number of benzene rings is 1. The fraction of sp³-hybridized carbons (Fsp3) is 0.222. The Bertz CT molecular complexity index is 436. The molecule has 1 atom stereocenters. The van der Waals surface area contributed by atoms with Crippen molar-refractivity contribution in [2.75, 3.05) is 0 Å². The first-order valence-corrected chi connectivity index (χ1v) is 4.76. The summed E-state index contributed by atoms with van der Waals surface area (Å²) >= 11 is 3.35. The van der Waals surface area contributed by atoms with Gasteiger partial charge in [-0.2, -0.15) is 5.10 Å². The van der Waals surface area contributed by atoms with Crippen molar-refractivity contribution < 1.29 is 4.39 Å². The van der Waals surface area contributed by atoms with Gasteiger partial charge in [0.1, 0.15) is 11.7 Å². The number of nitrogens with one attached hydrogen (secondary N) is 1. The summed E-state index contributed by atoms with van der Waals surface area (Å²) in [5, 5.41) is 7.56. The number of para-hydroxylation sites is 1. The Kier molecular flexibility index (Phi) is 2.07. The zero-order chi connectivity index (χ0) is 9.42. The van der Waals surface area contributed by atoms with E-state index in [0.29, 0.717) is 5.69 Å². The topological polar surface area (TPSA) is 28.7 Å². The summed E-state index contributed by atoms with van der Waals surface area (Å²) in [7, 11) is 0. The number of aromatic nitrogens is 2. The lowest BCUT2D eigenvalue weighted by Crippen LogP contribution is -1.85. The van der Waals surface area contributed by atoms with Gasteiger partial charge in [0.15, 0.2) is 0 Å². The van der Waals surface area contributed by atoms with Crippen LogP contribution in [0.5, 0.6) is 0 Å². The van der Waals surface area contributed by atoms with Crippen molar-refractivity contribution >= 4 is 26.8 Å². The Balaban J connectivity index is 2.75. The van der Waals surface area contributed by atoms with Gasteiger partial charge in [-0.15, -0.1) is 0 Å². The summed E-state index contributed by atoms with van der Waals surface area (Å²) in [6.45, 7) is 1.49. The number of alkyl halides is 1. The van der Waals surface area contributed by atoms with Gasteiger partial charge >= 0.3 is 0 Å². The second-order valence-corrected chi connectivity index (χ2v) is 3.74. The highest BCUT2D eigenvalue weighted by atomic mass is 79.9. The fourth-order valence-corrected chi connectivity index (χ4v) is 1.78. The maximum atomic E-state index is 13.0. The molecular formula is C9H8BrFN2. The largest absolute Gasteiger partial charge is 0.278 e. The van der Waals surface area contributed by atoms with Crippen molar-refractivity contribution in [3.8, 4) is 0 Å². The van der Waals surface area contributed by atoms with Gasteiger partial charge in [-0.3, -0.25) is 5.10 Å². The van der Waals surface area contributed by atoms with Crippen LogP contribution >= 0.6 is 15.9 Å². The van der Waals surface area contributed by atoms with Crippen molar-refractivity contribution in [2.24, 2.45) is 0 Å². The van der Waals surface area contributed by atoms with E-state index in [1.807, 2.05) is 18.2 Å². The molecule has 0 fully saturated rings. The molecule has 0 saturated carbocycles. The van der Waals surface area contributed by atoms with E-state index in [1.165, 1.54) is 6.92 Å². The van der Waals surface area contributed by atoms with Crippen LogP contribution in [-0.2, 0) is 0 Å². The molecule has 2 aromatic rings. The number of hydrogen-bond donors (Lipinski definition) is 1. The van der Waals surface area contributed by atoms with Crippen LogP contribution in [-0.4, -0.2) is 10.2 Å². The summed E-state index contributed by atoms with van der Waals surface area (Å²) < 4.78 is 13.9. The van der Waals surface area contributed by atoms with Crippen LogP contribution in [0.25, 0.3) is 10.9 Å². The van der Waals surface area contributed by atoms with Crippen LogP contribution in [0.4, 0.5) is 4.39 Å². The molecule has 0 bridgehead atoms. The van der Waals surface area contributed by atoms with E-state index in [-0.39, 0.29) is 0 Å². The zero-order valence-electron chi connectivity index (χ0n) is 7.01. The number of hydrogen-bond acceptors (Lipinski definition) is 1. The van der Waals surface area contributed by atoms with Gasteiger partial charge in [0.25, 0.3) is 0 Å². The molecule has 0 saturated heterocycles. The van der Waals surface area contributed by atoms with Crippen LogP contribution in [0, 0.1) is 0 Å². The first-order valence-electron chi connectivity index (χ1n) is 3.96. The molecule has 2 nitrogen and oxygen atoms in total. The smallest absolute Gasteiger partial charge is 0.139 e. The average Bonchev–Trinajstić information content (AvgIpc) is 2.48. The predicted molar refractivity (Wildman–Crippen MR) is 53.3 cm³/mol. The first kappa shape index (κ1) is 8.69. The summed E-state index contributed by atoms with van der Waals surface area (Å²) in [6.07, 6.45) is -1.01. The highest BCUT2D eigenvalue weighted by Crippen LogP contribution is 2.28. The minimum Gasteiger partial charge on any atom is -0.278 e. The minimum absolute atomic E-state index is 0.538. The minimum atomic E-state index is -1.01. The van der Waals surface area contributed by atoms with Gasteiger partial charge in [0.05, 0.1) is 5.69 Å². The van der Waals surface area contributed by atoms with Crippen molar-refractivity contribution in [2.45, 2.75) is 13.1 Å². The van der Waals surface area contributed by atoms with Crippen LogP contribution in [0.15, 0.2) is 22.7 Å². The second-order valence-electron chi connectivity index (χ2n) is 2.89. The molecule has 1 heterocycles. The van der Waals surface area contributed by atoms with Gasteiger partial charge in [-0.25, -0.2) is 4.39 Å². The Morgan fingerprint density at radius 2 is 2.31 bits per heavy atom. The number of nitrogens with zero attached hydrogens (tertiary/aromatic N) is 1. The third-order valence-corrected chi connectivity index (χ3v) is 2.60. The summed E-state index contributed by atoms with van der Waals surface area (Å²) in [5.74, 6) is 0. The molecule has 1 unspecified atom stereocenters. The average molecular weight is 243 g/mol. The molecule has 2 rings (SSSR count). The lowest BCUT2D eigenvalue weighted by molar-refractivity contribution is 0.367. The van der Waals surface area contributed by atoms with Crippen molar-refractivity contribution in [3.05, 3.63) is 28.4 Å². The normalized spacial score (nSPS) is 13.5. The number of rotatable bonds is 1. The third kappa shape index (κ3) is 1.35. The Labute approximate surface area is 83.3 Å². The number of halogens is 2. The van der Waals surface area contributed by atoms with Gasteiger partial charge in [0, 0.05) is 9.86 Å². The number of H-pyrrole nitrogens is 1. The van der Waals surface area contributed by atoms with Crippen LogP contribution < -0.4 is 0 Å². The van der Waals surface area contributed by atoms with E-state index in [9.17, 15) is 4.39 Å². The highest BCUT2D eigenvalue weighted by molar-refractivity contribution is 9.10. The lowest BCUT2D eigenvalue weighted by Gasteiger charge is -1.97. The summed E-state index contributed by atoms with van der Waals surface area (Å²) in [5.41, 5.74) is 1.32. The maximum Gasteiger partial charge on any atom is 0.139 e. The molecular weight excluding hydrogens is 235 g/mol. The lowest BCUT2D eigenvalue weighted by atomic mass is 10.2. The monoisotopic (exact) mass is 242 g/mol. The van der Waals surface area contributed by atoms with E-state index in [0.717, 1.165) is 15.4 Å². The fourth-order valence-electron chi connectivity index (χ4n) is 1.33. The first-order chi connectivity index (χ1) is 6.20. The molecule has 0 amide bonds. The highest BCUT2D eigenvalue weighted by Gasteiger charge is 2.12. The van der Waals surface area contributed by atoms with Gasteiger partial charge in [-0.05, 0) is 28.9 Å². The summed E-state index contributed by atoms with van der Waals surface area (Å²) in [4.78, 5) is 0. The Morgan fingerprint density at radius 1 is 1.54 bits per heavy atom. The van der Waals surface area contributed by atoms with E-state index >= 15 is 0 Å². The molecule has 0 spiro atoms. The predicted octanol–water partition coefficient (Wildman–Crippen LogP) is 3.36. The SMILES string of the molecule is CC(F)c1[nH]nc2c(Br)cccc12. The van der Waals surface area contributed by atoms with Crippen molar-refractivity contribution in [1.82, 2.24) is 10.2 Å². The van der Waals surface area contributed by atoms with Gasteiger partial charge in [0.2, 0.25) is 0 Å². The van der Waals surface area contributed by atoms with E-state index in [1.54, 1.807) is 0 Å². The molecule has 1 aromatic carbocycles. The molecule has 4 heteroatoms. The van der Waals surface area contributed by atoms with Crippen LogP contribution in [0.2, 0.25) is 0 Å². The van der Waals surface area contributed by atoms with E-state index in [2.05, 4.69) is 26.1 Å². The second kappa shape index (κ2) is 3.10. The molecule has 0 aliphatic carbocycles. The molecule has 13 heavy (non-hydrogen) atoms. The van der Waals surface area contributed by atoms with E-state index < -0.39 is 6.17 Å². The van der Waals surface area contributed by atoms with Gasteiger partial charge in [-0.1, -0.05) is 12.1 Å². The van der Waals surface area contributed by atoms with Gasteiger partial charge < -0.3 is 0 Å². The number of aromatic amines is 1. The molecule has 0 aliphatic rings. The molecule has 0 aliphatic heterocycles. The molecule has 1 N–H and O–H groups in total. The molecule has 1 aromatic heterocycles. The van der Waals surface area contributed by atoms with Crippen molar-refractivity contribution in [1.29, 1.82) is 0 Å². The summed E-state index contributed by atoms with van der Waals surface area (Å²) in [6, 6.07) is 5.61. The standard InChI is InChI=1S/C9H8BrFN2/c1-5(11)8-6-3-2-4-7(10)9(6)13-12-8/h2-5H,1H3,(H,12,13). The third-order valence-electron chi connectivity index (χ3n) is 1.96. The quantitative estimate of drug-likeness (QED) is 0.817. The Morgan fingerprint density at radius 3 is 3.00 bits per heavy atom. The number of fused-ring (bicyclic) bond motifs is 1. The molecule has 0 radical (unpaired) electrons.